The van der Waals surface area contributed by atoms with Gasteiger partial charge in [-0.05, 0) is 75.4 Å². The van der Waals surface area contributed by atoms with Crippen molar-refractivity contribution < 1.29 is 14.3 Å². The predicted octanol–water partition coefficient (Wildman–Crippen LogP) is 4.63. The fourth-order valence-corrected chi connectivity index (χ4v) is 2.49. The summed E-state index contributed by atoms with van der Waals surface area (Å²) in [5.74, 6) is 0.735. The highest BCUT2D eigenvalue weighted by Gasteiger charge is 2.25. The Bertz CT molecular complexity index is 512. The molecule has 1 amide bonds. The van der Waals surface area contributed by atoms with Crippen LogP contribution in [0.2, 0.25) is 5.02 Å². The van der Waals surface area contributed by atoms with E-state index >= 15 is 0 Å². The Hall–Kier alpha value is -0.690. The first-order valence-electron chi connectivity index (χ1n) is 6.57. The maximum Gasteiger partial charge on any atom is 0.408 e. The van der Waals surface area contributed by atoms with Crippen LogP contribution in [0.3, 0.4) is 0 Å². The molecule has 4 nitrogen and oxygen atoms in total. The zero-order valence-corrected chi connectivity index (χ0v) is 15.8. The first-order valence-corrected chi connectivity index (χ1v) is 8.03. The van der Waals surface area contributed by atoms with Crippen LogP contribution in [0.25, 0.3) is 0 Å². The van der Waals surface area contributed by atoms with Gasteiger partial charge in [0.25, 0.3) is 0 Å². The van der Waals surface area contributed by atoms with Crippen LogP contribution in [0.1, 0.15) is 34.6 Å². The van der Waals surface area contributed by atoms with Crippen molar-refractivity contribution in [2.45, 2.75) is 45.8 Å². The van der Waals surface area contributed by atoms with Crippen LogP contribution in [0.4, 0.5) is 4.79 Å². The molecule has 1 rings (SSSR count). The van der Waals surface area contributed by atoms with Gasteiger partial charge < -0.3 is 14.8 Å². The molecule has 0 atom stereocenters. The van der Waals surface area contributed by atoms with Crippen molar-refractivity contribution in [1.29, 1.82) is 0 Å². The quantitative estimate of drug-likeness (QED) is 0.716. The minimum absolute atomic E-state index is 0.323. The topological polar surface area (TPSA) is 47.6 Å². The molecule has 0 heterocycles. The number of nitrogens with one attached hydrogen (secondary N) is 1. The van der Waals surface area contributed by atoms with Crippen molar-refractivity contribution in [2.75, 3.05) is 6.61 Å². The van der Waals surface area contributed by atoms with Gasteiger partial charge in [0.2, 0.25) is 0 Å². The summed E-state index contributed by atoms with van der Waals surface area (Å²) in [6.45, 7) is 9.55. The average Bonchev–Trinajstić information content (AvgIpc) is 2.23. The van der Waals surface area contributed by atoms with Gasteiger partial charge in [-0.25, -0.2) is 4.79 Å². The molecular weight excluding hydrogens is 405 g/mol. The molecule has 0 saturated carbocycles. The van der Waals surface area contributed by atoms with E-state index in [9.17, 15) is 4.79 Å². The minimum atomic E-state index is -0.551. The standard InChI is InChI=1S/C15H21ClINO3/c1-14(2,3)21-13(19)18-15(4,5)9-20-12-7-6-10(16)8-11(12)17/h6-8H,9H2,1-5H3,(H,18,19). The van der Waals surface area contributed by atoms with Crippen molar-refractivity contribution in [1.82, 2.24) is 5.32 Å². The molecule has 0 aliphatic rings. The van der Waals surface area contributed by atoms with Crippen LogP contribution in [0.15, 0.2) is 18.2 Å². The smallest absolute Gasteiger partial charge is 0.408 e. The molecule has 1 N–H and O–H groups in total. The Morgan fingerprint density at radius 3 is 2.43 bits per heavy atom. The number of rotatable bonds is 4. The molecule has 1 aromatic carbocycles. The number of benzene rings is 1. The third kappa shape index (κ3) is 7.22. The molecule has 0 saturated heterocycles. The van der Waals surface area contributed by atoms with Crippen molar-refractivity contribution >= 4 is 40.3 Å². The third-order valence-corrected chi connectivity index (χ3v) is 3.40. The van der Waals surface area contributed by atoms with E-state index in [-0.39, 0.29) is 0 Å². The zero-order valence-electron chi connectivity index (χ0n) is 12.9. The maximum atomic E-state index is 11.8. The van der Waals surface area contributed by atoms with E-state index in [1.807, 2.05) is 46.8 Å². The first kappa shape index (κ1) is 18.4. The molecule has 118 valence electrons. The number of hydrogen-bond donors (Lipinski definition) is 1. The van der Waals surface area contributed by atoms with Crippen LogP contribution >= 0.6 is 34.2 Å². The van der Waals surface area contributed by atoms with Gasteiger partial charge in [-0.2, -0.15) is 0 Å². The maximum absolute atomic E-state index is 11.8. The van der Waals surface area contributed by atoms with E-state index in [0.717, 1.165) is 9.32 Å². The number of ether oxygens (including phenoxy) is 2. The highest BCUT2D eigenvalue weighted by atomic mass is 127. The highest BCUT2D eigenvalue weighted by molar-refractivity contribution is 14.1. The lowest BCUT2D eigenvalue weighted by atomic mass is 10.1. The number of hydrogen-bond acceptors (Lipinski definition) is 3. The molecule has 0 fully saturated rings. The van der Waals surface area contributed by atoms with Crippen molar-refractivity contribution in [2.24, 2.45) is 0 Å². The summed E-state index contributed by atoms with van der Waals surface area (Å²) in [7, 11) is 0. The lowest BCUT2D eigenvalue weighted by Gasteiger charge is -2.28. The summed E-state index contributed by atoms with van der Waals surface area (Å²) in [6.07, 6.45) is -0.457. The summed E-state index contributed by atoms with van der Waals surface area (Å²) >= 11 is 8.06. The lowest BCUT2D eigenvalue weighted by Crippen LogP contribution is -2.49. The lowest BCUT2D eigenvalue weighted by molar-refractivity contribution is 0.0441. The van der Waals surface area contributed by atoms with Gasteiger partial charge in [0.1, 0.15) is 18.0 Å². The molecular formula is C15H21ClINO3. The second-order valence-electron chi connectivity index (χ2n) is 6.37. The number of amides is 1. The van der Waals surface area contributed by atoms with Gasteiger partial charge >= 0.3 is 6.09 Å². The molecule has 0 spiro atoms. The normalized spacial score (nSPS) is 12.0. The zero-order chi connectivity index (χ0) is 16.3. The predicted molar refractivity (Wildman–Crippen MR) is 93.1 cm³/mol. The molecule has 1 aromatic rings. The molecule has 0 aliphatic heterocycles. The average molecular weight is 426 g/mol. The molecule has 0 bridgehead atoms. The molecule has 21 heavy (non-hydrogen) atoms. The van der Waals surface area contributed by atoms with E-state index in [0.29, 0.717) is 11.6 Å². The first-order chi connectivity index (χ1) is 9.48. The molecule has 0 radical (unpaired) electrons. The summed E-state index contributed by atoms with van der Waals surface area (Å²) in [6, 6.07) is 5.41. The van der Waals surface area contributed by atoms with Gasteiger partial charge in [-0.15, -0.1) is 0 Å². The molecule has 0 aliphatic carbocycles. The Labute approximate surface area is 144 Å². The second kappa shape index (κ2) is 7.05. The summed E-state index contributed by atoms with van der Waals surface area (Å²) in [5.41, 5.74) is -1.07. The van der Waals surface area contributed by atoms with Crippen molar-refractivity contribution in [3.8, 4) is 5.75 Å². The monoisotopic (exact) mass is 425 g/mol. The van der Waals surface area contributed by atoms with Crippen LogP contribution in [0.5, 0.6) is 5.75 Å². The Kier molecular flexibility index (Phi) is 6.16. The van der Waals surface area contributed by atoms with E-state index < -0.39 is 17.2 Å². The third-order valence-electron chi connectivity index (χ3n) is 2.32. The Balaban J connectivity index is 2.58. The van der Waals surface area contributed by atoms with Crippen LogP contribution in [0, 0.1) is 3.57 Å². The number of carbonyl (C=O) groups is 1. The Morgan fingerprint density at radius 1 is 1.29 bits per heavy atom. The van der Waals surface area contributed by atoms with Gasteiger partial charge in [-0.3, -0.25) is 0 Å². The summed E-state index contributed by atoms with van der Waals surface area (Å²) in [5, 5.41) is 3.46. The van der Waals surface area contributed by atoms with E-state index in [1.165, 1.54) is 0 Å². The van der Waals surface area contributed by atoms with E-state index in [4.69, 9.17) is 21.1 Å². The molecule has 0 aromatic heterocycles. The van der Waals surface area contributed by atoms with E-state index in [1.54, 1.807) is 6.07 Å². The van der Waals surface area contributed by atoms with Crippen LogP contribution < -0.4 is 10.1 Å². The number of halogens is 2. The fourth-order valence-electron chi connectivity index (χ4n) is 1.47. The molecule has 6 heteroatoms. The number of alkyl carbamates (subject to hydrolysis) is 1. The number of carbonyl (C=O) groups excluding carboxylic acids is 1. The SMILES string of the molecule is CC(C)(COc1ccc(Cl)cc1I)NC(=O)OC(C)(C)C. The van der Waals surface area contributed by atoms with Crippen molar-refractivity contribution in [3.05, 3.63) is 26.8 Å². The highest BCUT2D eigenvalue weighted by Crippen LogP contribution is 2.25. The summed E-state index contributed by atoms with van der Waals surface area (Å²) < 4.78 is 11.9. The van der Waals surface area contributed by atoms with Gasteiger partial charge in [0, 0.05) is 5.02 Å². The van der Waals surface area contributed by atoms with Gasteiger partial charge in [0.15, 0.2) is 0 Å². The molecule has 0 unspecified atom stereocenters. The van der Waals surface area contributed by atoms with Gasteiger partial charge in [-0.1, -0.05) is 11.6 Å². The minimum Gasteiger partial charge on any atom is -0.490 e. The van der Waals surface area contributed by atoms with Crippen molar-refractivity contribution in [3.63, 3.8) is 0 Å². The van der Waals surface area contributed by atoms with Crippen LogP contribution in [-0.4, -0.2) is 23.8 Å². The summed E-state index contributed by atoms with van der Waals surface area (Å²) in [4.78, 5) is 11.8. The fraction of sp³-hybridized carbons (Fsp3) is 0.533. The van der Waals surface area contributed by atoms with E-state index in [2.05, 4.69) is 27.9 Å². The van der Waals surface area contributed by atoms with Gasteiger partial charge in [0.05, 0.1) is 9.11 Å². The largest absolute Gasteiger partial charge is 0.490 e. The second-order valence-corrected chi connectivity index (χ2v) is 7.97. The van der Waals surface area contributed by atoms with Crippen LogP contribution in [-0.2, 0) is 4.74 Å². The Morgan fingerprint density at radius 2 is 1.90 bits per heavy atom.